The summed E-state index contributed by atoms with van der Waals surface area (Å²) in [5.74, 6) is 0.267. The van der Waals surface area contributed by atoms with Gasteiger partial charge in [0.25, 0.3) is 0 Å². The Hall–Kier alpha value is -0.570. The topological polar surface area (TPSA) is 38.3 Å². The third-order valence-corrected chi connectivity index (χ3v) is 4.02. The van der Waals surface area contributed by atoms with Crippen LogP contribution in [-0.4, -0.2) is 24.7 Å². The Morgan fingerprint density at radius 1 is 1.22 bits per heavy atom. The van der Waals surface area contributed by atoms with E-state index >= 15 is 0 Å². The molecule has 1 aliphatic rings. The number of rotatable bonds is 6. The molecule has 0 spiro atoms. The Morgan fingerprint density at radius 3 is 2.33 bits per heavy atom. The monoisotopic (exact) mass is 255 g/mol. The van der Waals surface area contributed by atoms with E-state index in [2.05, 4.69) is 19.2 Å². The first kappa shape index (κ1) is 15.5. The van der Waals surface area contributed by atoms with Gasteiger partial charge in [0.15, 0.2) is 0 Å². The zero-order chi connectivity index (χ0) is 13.4. The minimum absolute atomic E-state index is 0.0731. The highest BCUT2D eigenvalue weighted by molar-refractivity contribution is 5.76. The van der Waals surface area contributed by atoms with Crippen molar-refractivity contribution >= 4 is 5.97 Å². The van der Waals surface area contributed by atoms with Crippen LogP contribution in [0.5, 0.6) is 0 Å². The highest BCUT2D eigenvalue weighted by Gasteiger charge is 2.27. The zero-order valence-corrected chi connectivity index (χ0v) is 12.2. The van der Waals surface area contributed by atoms with Crippen LogP contribution in [0.3, 0.4) is 0 Å². The van der Waals surface area contributed by atoms with Crippen molar-refractivity contribution in [2.75, 3.05) is 6.61 Å². The van der Waals surface area contributed by atoms with Crippen LogP contribution in [0.4, 0.5) is 0 Å². The number of ether oxygens (including phenoxy) is 1. The van der Waals surface area contributed by atoms with Crippen molar-refractivity contribution in [3.63, 3.8) is 0 Å². The lowest BCUT2D eigenvalue weighted by Gasteiger charge is -2.27. The number of hydrogen-bond acceptors (Lipinski definition) is 3. The lowest BCUT2D eigenvalue weighted by molar-refractivity contribution is -0.147. The van der Waals surface area contributed by atoms with E-state index in [-0.39, 0.29) is 12.0 Å². The summed E-state index contributed by atoms with van der Waals surface area (Å²) in [6.45, 7) is 6.60. The van der Waals surface area contributed by atoms with Crippen molar-refractivity contribution in [1.29, 1.82) is 0 Å². The fourth-order valence-corrected chi connectivity index (χ4v) is 2.63. The van der Waals surface area contributed by atoms with Crippen LogP contribution in [-0.2, 0) is 9.53 Å². The molecular formula is C15H29NO2. The average Bonchev–Trinajstić information content (AvgIpc) is 2.63. The summed E-state index contributed by atoms with van der Waals surface area (Å²) in [6.07, 6.45) is 8.65. The van der Waals surface area contributed by atoms with Crippen molar-refractivity contribution in [1.82, 2.24) is 5.32 Å². The summed E-state index contributed by atoms with van der Waals surface area (Å²) in [6, 6.07) is 0.369. The first-order valence-corrected chi connectivity index (χ1v) is 7.61. The molecule has 1 aliphatic carbocycles. The van der Waals surface area contributed by atoms with Crippen LogP contribution in [0, 0.1) is 5.92 Å². The van der Waals surface area contributed by atoms with Gasteiger partial charge in [-0.25, -0.2) is 0 Å². The van der Waals surface area contributed by atoms with E-state index < -0.39 is 0 Å². The molecule has 3 heteroatoms. The summed E-state index contributed by atoms with van der Waals surface area (Å²) in [5.41, 5.74) is 0. The lowest BCUT2D eigenvalue weighted by Crippen LogP contribution is -2.47. The van der Waals surface area contributed by atoms with E-state index in [9.17, 15) is 4.79 Å². The minimum atomic E-state index is -0.127. The SMILES string of the molecule is CCOC(=O)C(NC1CCCCCC1)C(C)CC. The number of carbonyl (C=O) groups excluding carboxylic acids is 1. The van der Waals surface area contributed by atoms with E-state index in [4.69, 9.17) is 4.74 Å². The van der Waals surface area contributed by atoms with Crippen molar-refractivity contribution in [3.05, 3.63) is 0 Å². The highest BCUT2D eigenvalue weighted by Crippen LogP contribution is 2.19. The largest absolute Gasteiger partial charge is 0.465 e. The minimum Gasteiger partial charge on any atom is -0.465 e. The molecule has 0 aromatic rings. The Bertz CT molecular complexity index is 235. The molecular weight excluding hydrogens is 226 g/mol. The van der Waals surface area contributed by atoms with Crippen LogP contribution in [0.2, 0.25) is 0 Å². The number of esters is 1. The molecule has 0 aliphatic heterocycles. The maximum atomic E-state index is 12.0. The van der Waals surface area contributed by atoms with Crippen LogP contribution in [0.15, 0.2) is 0 Å². The summed E-state index contributed by atoms with van der Waals surface area (Å²) in [7, 11) is 0. The maximum Gasteiger partial charge on any atom is 0.323 e. The molecule has 0 aromatic heterocycles. The van der Waals surface area contributed by atoms with E-state index in [0.717, 1.165) is 6.42 Å². The smallest absolute Gasteiger partial charge is 0.323 e. The second-order valence-electron chi connectivity index (χ2n) is 5.47. The highest BCUT2D eigenvalue weighted by atomic mass is 16.5. The van der Waals surface area contributed by atoms with Gasteiger partial charge in [-0.1, -0.05) is 46.0 Å². The third-order valence-electron chi connectivity index (χ3n) is 4.02. The molecule has 1 fully saturated rings. The summed E-state index contributed by atoms with van der Waals surface area (Å²) < 4.78 is 5.20. The molecule has 0 radical (unpaired) electrons. The standard InChI is InChI=1S/C15H29NO2/c1-4-12(3)14(15(17)18-5-2)16-13-10-8-6-7-9-11-13/h12-14,16H,4-11H2,1-3H3. The number of hydrogen-bond donors (Lipinski definition) is 1. The Labute approximate surface area is 112 Å². The molecule has 1 saturated carbocycles. The van der Waals surface area contributed by atoms with E-state index in [1.54, 1.807) is 0 Å². The number of nitrogens with one attached hydrogen (secondary N) is 1. The van der Waals surface area contributed by atoms with E-state index in [1.807, 2.05) is 6.92 Å². The molecule has 0 aromatic carbocycles. The van der Waals surface area contributed by atoms with Crippen molar-refractivity contribution < 1.29 is 9.53 Å². The zero-order valence-electron chi connectivity index (χ0n) is 12.2. The molecule has 1 N–H and O–H groups in total. The fourth-order valence-electron chi connectivity index (χ4n) is 2.63. The third kappa shape index (κ3) is 4.97. The molecule has 0 amide bonds. The van der Waals surface area contributed by atoms with Gasteiger partial charge in [0.05, 0.1) is 6.61 Å². The van der Waals surface area contributed by atoms with Gasteiger partial charge in [-0.2, -0.15) is 0 Å². The molecule has 3 nitrogen and oxygen atoms in total. The van der Waals surface area contributed by atoms with Gasteiger partial charge in [0.1, 0.15) is 6.04 Å². The first-order valence-electron chi connectivity index (χ1n) is 7.61. The first-order chi connectivity index (χ1) is 8.69. The summed E-state index contributed by atoms with van der Waals surface area (Å²) >= 11 is 0. The van der Waals surface area contributed by atoms with Gasteiger partial charge in [0, 0.05) is 6.04 Å². The Kier molecular flexibility index (Phi) is 7.33. The predicted molar refractivity (Wildman–Crippen MR) is 74.5 cm³/mol. The van der Waals surface area contributed by atoms with Crippen LogP contribution in [0.1, 0.15) is 65.7 Å². The lowest BCUT2D eigenvalue weighted by atomic mass is 9.97. The van der Waals surface area contributed by atoms with E-state index in [0.29, 0.717) is 18.6 Å². The molecule has 0 bridgehead atoms. The molecule has 106 valence electrons. The van der Waals surface area contributed by atoms with Crippen molar-refractivity contribution in [3.8, 4) is 0 Å². The van der Waals surface area contributed by atoms with Crippen LogP contribution < -0.4 is 5.32 Å². The molecule has 0 heterocycles. The van der Waals surface area contributed by atoms with Gasteiger partial charge in [0.2, 0.25) is 0 Å². The maximum absolute atomic E-state index is 12.0. The normalized spacial score (nSPS) is 21.1. The second kappa shape index (κ2) is 8.52. The van der Waals surface area contributed by atoms with Gasteiger partial charge in [-0.05, 0) is 25.7 Å². The Balaban J connectivity index is 2.55. The van der Waals surface area contributed by atoms with Crippen molar-refractivity contribution in [2.24, 2.45) is 5.92 Å². The summed E-state index contributed by atoms with van der Waals surface area (Å²) in [5, 5.41) is 3.56. The van der Waals surface area contributed by atoms with Crippen LogP contribution >= 0.6 is 0 Å². The molecule has 18 heavy (non-hydrogen) atoms. The fraction of sp³-hybridized carbons (Fsp3) is 0.933. The second-order valence-corrected chi connectivity index (χ2v) is 5.47. The van der Waals surface area contributed by atoms with Gasteiger partial charge < -0.3 is 10.1 Å². The molecule has 2 atom stereocenters. The molecule has 1 rings (SSSR count). The molecule has 2 unspecified atom stereocenters. The average molecular weight is 255 g/mol. The van der Waals surface area contributed by atoms with E-state index in [1.165, 1.54) is 38.5 Å². The Morgan fingerprint density at radius 2 is 1.83 bits per heavy atom. The van der Waals surface area contributed by atoms with Crippen molar-refractivity contribution in [2.45, 2.75) is 77.8 Å². The summed E-state index contributed by atoms with van der Waals surface area (Å²) in [4.78, 5) is 12.0. The quantitative estimate of drug-likeness (QED) is 0.585. The van der Waals surface area contributed by atoms with Gasteiger partial charge in [-0.15, -0.1) is 0 Å². The molecule has 0 saturated heterocycles. The van der Waals surface area contributed by atoms with Gasteiger partial charge >= 0.3 is 5.97 Å². The number of carbonyl (C=O) groups is 1. The van der Waals surface area contributed by atoms with Crippen LogP contribution in [0.25, 0.3) is 0 Å². The predicted octanol–water partition coefficient (Wildman–Crippen LogP) is 3.28. The van der Waals surface area contributed by atoms with Gasteiger partial charge in [-0.3, -0.25) is 4.79 Å².